The van der Waals surface area contributed by atoms with Crippen LogP contribution in [0.1, 0.15) is 13.3 Å². The third kappa shape index (κ3) is 3.45. The zero-order chi connectivity index (χ0) is 16.7. The number of piperidine rings is 1. The molecule has 126 valence electrons. The highest BCUT2D eigenvalue weighted by molar-refractivity contribution is 5.82. The van der Waals surface area contributed by atoms with Crippen molar-refractivity contribution in [3.05, 3.63) is 0 Å². The molecule has 0 aromatic heterocycles. The Hall–Kier alpha value is -1.51. The number of hydrogen-bond acceptors (Lipinski definition) is 3. The molecule has 2 rings (SSSR count). The summed E-state index contributed by atoms with van der Waals surface area (Å²) in [4.78, 5) is 28.1. The predicted octanol–water partition coefficient (Wildman–Crippen LogP) is 0.494. The number of fused-ring (bicyclic) bond motifs is 1. The molecule has 2 aliphatic rings. The van der Waals surface area contributed by atoms with Crippen molar-refractivity contribution < 1.29 is 22.8 Å². The van der Waals surface area contributed by atoms with Crippen LogP contribution in [0, 0.1) is 0 Å². The number of urea groups is 1. The van der Waals surface area contributed by atoms with E-state index in [4.69, 9.17) is 0 Å². The summed E-state index contributed by atoms with van der Waals surface area (Å²) in [5.74, 6) is -0.339. The molecular formula is C13H21F3N4O2. The fraction of sp³-hybridized carbons (Fsp3) is 0.846. The Balaban J connectivity index is 1.95. The third-order valence-corrected chi connectivity index (χ3v) is 4.46. The van der Waals surface area contributed by atoms with E-state index in [1.165, 1.54) is 18.9 Å². The van der Waals surface area contributed by atoms with Gasteiger partial charge in [-0.1, -0.05) is 0 Å². The summed E-state index contributed by atoms with van der Waals surface area (Å²) in [6, 6.07) is -1.14. The largest absolute Gasteiger partial charge is 0.401 e. The van der Waals surface area contributed by atoms with Crippen LogP contribution in [0.15, 0.2) is 0 Å². The fourth-order valence-corrected chi connectivity index (χ4v) is 3.03. The molecule has 3 atom stereocenters. The van der Waals surface area contributed by atoms with Gasteiger partial charge in [0.2, 0.25) is 5.91 Å². The first-order chi connectivity index (χ1) is 10.1. The molecule has 2 heterocycles. The first kappa shape index (κ1) is 16.9. The zero-order valence-electron chi connectivity index (χ0n) is 12.9. The van der Waals surface area contributed by atoms with Crippen molar-refractivity contribution >= 4 is 11.9 Å². The van der Waals surface area contributed by atoms with E-state index in [2.05, 4.69) is 5.32 Å². The number of halogens is 3. The standard InChI is InChI=1S/C13H21F3N4O2/c1-8(18(2)7-13(14,15)16)11(21)20-5-4-10-9(6-20)17-12(22)19(10)3/h8-10H,4-7H2,1-3H3,(H,17,22)/t8?,9-,10+/m1/s1. The SMILES string of the molecule is CC(C(=O)N1CC[C@H]2[C@@H](C1)NC(=O)N2C)N(C)CC(F)(F)F. The summed E-state index contributed by atoms with van der Waals surface area (Å²) in [5, 5.41) is 2.80. The van der Waals surface area contributed by atoms with Crippen molar-refractivity contribution in [3.63, 3.8) is 0 Å². The van der Waals surface area contributed by atoms with Gasteiger partial charge in [0, 0.05) is 20.1 Å². The van der Waals surface area contributed by atoms with Crippen LogP contribution in [-0.2, 0) is 4.79 Å². The first-order valence-electron chi connectivity index (χ1n) is 7.19. The van der Waals surface area contributed by atoms with Gasteiger partial charge in [0.1, 0.15) is 0 Å². The number of amides is 3. The van der Waals surface area contributed by atoms with E-state index in [1.807, 2.05) is 0 Å². The van der Waals surface area contributed by atoms with Crippen LogP contribution in [0.4, 0.5) is 18.0 Å². The lowest BCUT2D eigenvalue weighted by Gasteiger charge is -2.38. The lowest BCUT2D eigenvalue weighted by molar-refractivity contribution is -0.155. The van der Waals surface area contributed by atoms with E-state index in [1.54, 1.807) is 11.9 Å². The molecule has 2 aliphatic heterocycles. The van der Waals surface area contributed by atoms with Gasteiger partial charge in [0.05, 0.1) is 24.7 Å². The number of likely N-dealkylation sites (N-methyl/N-ethyl adjacent to an activating group) is 2. The molecule has 2 saturated heterocycles. The van der Waals surface area contributed by atoms with Gasteiger partial charge in [-0.15, -0.1) is 0 Å². The van der Waals surface area contributed by atoms with E-state index >= 15 is 0 Å². The summed E-state index contributed by atoms with van der Waals surface area (Å²) in [7, 11) is 2.99. The van der Waals surface area contributed by atoms with Crippen LogP contribution in [-0.4, -0.2) is 84.7 Å². The molecule has 0 spiro atoms. The highest BCUT2D eigenvalue weighted by atomic mass is 19.4. The molecular weight excluding hydrogens is 301 g/mol. The van der Waals surface area contributed by atoms with Crippen LogP contribution in [0.2, 0.25) is 0 Å². The number of alkyl halides is 3. The monoisotopic (exact) mass is 322 g/mol. The van der Waals surface area contributed by atoms with E-state index < -0.39 is 18.8 Å². The Morgan fingerprint density at radius 3 is 2.73 bits per heavy atom. The Morgan fingerprint density at radius 1 is 1.50 bits per heavy atom. The number of hydrogen-bond donors (Lipinski definition) is 1. The van der Waals surface area contributed by atoms with Crippen molar-refractivity contribution in [1.82, 2.24) is 20.0 Å². The highest BCUT2D eigenvalue weighted by Crippen LogP contribution is 2.23. The second kappa shape index (κ2) is 5.94. The van der Waals surface area contributed by atoms with Crippen molar-refractivity contribution in [3.8, 4) is 0 Å². The van der Waals surface area contributed by atoms with Gasteiger partial charge in [-0.05, 0) is 20.4 Å². The molecule has 22 heavy (non-hydrogen) atoms. The molecule has 3 amide bonds. The zero-order valence-corrected chi connectivity index (χ0v) is 12.9. The number of carbonyl (C=O) groups is 2. The van der Waals surface area contributed by atoms with Crippen LogP contribution in [0.3, 0.4) is 0 Å². The quantitative estimate of drug-likeness (QED) is 0.823. The van der Waals surface area contributed by atoms with Crippen molar-refractivity contribution in [2.24, 2.45) is 0 Å². The van der Waals surface area contributed by atoms with Crippen LogP contribution in [0.5, 0.6) is 0 Å². The van der Waals surface area contributed by atoms with Crippen LogP contribution >= 0.6 is 0 Å². The summed E-state index contributed by atoms with van der Waals surface area (Å²) in [5.41, 5.74) is 0. The smallest absolute Gasteiger partial charge is 0.339 e. The van der Waals surface area contributed by atoms with Crippen molar-refractivity contribution in [1.29, 1.82) is 0 Å². The third-order valence-electron chi connectivity index (χ3n) is 4.46. The number of carbonyl (C=O) groups excluding carboxylic acids is 2. The normalized spacial score (nSPS) is 27.0. The van der Waals surface area contributed by atoms with Crippen molar-refractivity contribution in [2.45, 2.75) is 37.6 Å². The van der Waals surface area contributed by atoms with Gasteiger partial charge >= 0.3 is 12.2 Å². The minimum Gasteiger partial charge on any atom is -0.339 e. The minimum absolute atomic E-state index is 0.0414. The first-order valence-corrected chi connectivity index (χ1v) is 7.19. The number of likely N-dealkylation sites (tertiary alicyclic amines) is 1. The molecule has 9 heteroatoms. The molecule has 1 N–H and O–H groups in total. The maximum absolute atomic E-state index is 12.4. The minimum atomic E-state index is -4.33. The highest BCUT2D eigenvalue weighted by Gasteiger charge is 2.43. The van der Waals surface area contributed by atoms with Gasteiger partial charge in [-0.3, -0.25) is 9.69 Å². The maximum Gasteiger partial charge on any atom is 0.401 e. The van der Waals surface area contributed by atoms with Gasteiger partial charge in [0.15, 0.2) is 0 Å². The molecule has 6 nitrogen and oxygen atoms in total. The Labute approximate surface area is 127 Å². The van der Waals surface area contributed by atoms with Crippen LogP contribution in [0.25, 0.3) is 0 Å². The second-order valence-electron chi connectivity index (χ2n) is 6.01. The lowest BCUT2D eigenvalue weighted by Crippen LogP contribution is -2.56. The van der Waals surface area contributed by atoms with E-state index in [-0.39, 0.29) is 24.0 Å². The van der Waals surface area contributed by atoms with Gasteiger partial charge < -0.3 is 15.1 Å². The fourth-order valence-electron chi connectivity index (χ4n) is 3.03. The second-order valence-corrected chi connectivity index (χ2v) is 6.01. The van der Waals surface area contributed by atoms with Crippen LogP contribution < -0.4 is 5.32 Å². The van der Waals surface area contributed by atoms with Gasteiger partial charge in [-0.2, -0.15) is 13.2 Å². The maximum atomic E-state index is 12.4. The average molecular weight is 322 g/mol. The lowest BCUT2D eigenvalue weighted by atomic mass is 9.99. The molecule has 0 radical (unpaired) electrons. The molecule has 0 bridgehead atoms. The summed E-state index contributed by atoms with van der Waals surface area (Å²) < 4.78 is 37.2. The van der Waals surface area contributed by atoms with E-state index in [9.17, 15) is 22.8 Å². The van der Waals surface area contributed by atoms with Gasteiger partial charge in [-0.25, -0.2) is 4.79 Å². The number of nitrogens with one attached hydrogen (secondary N) is 1. The van der Waals surface area contributed by atoms with E-state index in [0.717, 1.165) is 4.90 Å². The summed E-state index contributed by atoms with van der Waals surface area (Å²) in [6.45, 7) is 1.13. The number of rotatable bonds is 3. The topological polar surface area (TPSA) is 55.9 Å². The Bertz CT molecular complexity index is 457. The summed E-state index contributed by atoms with van der Waals surface area (Å²) >= 11 is 0. The molecule has 0 aromatic carbocycles. The van der Waals surface area contributed by atoms with Gasteiger partial charge in [0.25, 0.3) is 0 Å². The summed E-state index contributed by atoms with van der Waals surface area (Å²) in [6.07, 6.45) is -3.71. The average Bonchev–Trinajstić information content (AvgIpc) is 2.70. The molecule has 1 unspecified atom stereocenters. The van der Waals surface area contributed by atoms with Crippen molar-refractivity contribution in [2.75, 3.05) is 33.7 Å². The number of nitrogens with zero attached hydrogens (tertiary/aromatic N) is 3. The molecule has 2 fully saturated rings. The predicted molar refractivity (Wildman–Crippen MR) is 73.2 cm³/mol. The molecule has 0 aliphatic carbocycles. The van der Waals surface area contributed by atoms with E-state index in [0.29, 0.717) is 19.5 Å². The Kier molecular flexibility index (Phi) is 4.55. The molecule has 0 saturated carbocycles. The Morgan fingerprint density at radius 2 is 2.14 bits per heavy atom. The molecule has 0 aromatic rings.